The molecule has 5 nitrogen and oxygen atoms in total. The predicted molar refractivity (Wildman–Crippen MR) is 62.6 cm³/mol. The van der Waals surface area contributed by atoms with Crippen molar-refractivity contribution in [2.75, 3.05) is 0 Å². The van der Waals surface area contributed by atoms with E-state index in [2.05, 4.69) is 15.3 Å². The highest BCUT2D eigenvalue weighted by atomic mass is 16.3. The first kappa shape index (κ1) is 11.2. The number of carbonyl (C=O) groups excluding carboxylic acids is 1. The minimum atomic E-state index is -0.327. The molecule has 0 fully saturated rings. The number of imidazole rings is 1. The van der Waals surface area contributed by atoms with Gasteiger partial charge in [-0.25, -0.2) is 4.98 Å². The Morgan fingerprint density at radius 2 is 2.24 bits per heavy atom. The highest BCUT2D eigenvalue weighted by molar-refractivity contribution is 5.96. The summed E-state index contributed by atoms with van der Waals surface area (Å²) in [6.45, 7) is 1.82. The Hall–Kier alpha value is -2.30. The Balaban J connectivity index is 2.10. The second-order valence-corrected chi connectivity index (χ2v) is 3.69. The van der Waals surface area contributed by atoms with Crippen LogP contribution in [0.2, 0.25) is 0 Å². The van der Waals surface area contributed by atoms with Gasteiger partial charge in [-0.1, -0.05) is 12.1 Å². The summed E-state index contributed by atoms with van der Waals surface area (Å²) >= 11 is 0. The molecule has 3 N–H and O–H groups in total. The van der Waals surface area contributed by atoms with Crippen molar-refractivity contribution in [1.29, 1.82) is 0 Å². The standard InChI is InChI=1S/C12H13N3O2/c1-8(11-13-6-7-14-11)15-12(17)9-4-2-3-5-10(9)16/h2-8,16H,1H3,(H,13,14)(H,15,17). The molecule has 1 heterocycles. The van der Waals surface area contributed by atoms with Gasteiger partial charge in [0, 0.05) is 12.4 Å². The van der Waals surface area contributed by atoms with E-state index >= 15 is 0 Å². The second kappa shape index (κ2) is 4.69. The van der Waals surface area contributed by atoms with E-state index in [4.69, 9.17) is 0 Å². The molecule has 2 aromatic rings. The van der Waals surface area contributed by atoms with Crippen LogP contribution in [0.1, 0.15) is 29.1 Å². The van der Waals surface area contributed by atoms with Gasteiger partial charge in [-0.15, -0.1) is 0 Å². The number of aromatic hydroxyl groups is 1. The third-order valence-electron chi connectivity index (χ3n) is 2.43. The van der Waals surface area contributed by atoms with Crippen LogP contribution in [0.25, 0.3) is 0 Å². The summed E-state index contributed by atoms with van der Waals surface area (Å²) in [6, 6.07) is 6.18. The SMILES string of the molecule is CC(NC(=O)c1ccccc1O)c1ncc[nH]1. The Kier molecular flexibility index (Phi) is 3.09. The number of para-hydroxylation sites is 1. The zero-order valence-electron chi connectivity index (χ0n) is 9.34. The summed E-state index contributed by atoms with van der Waals surface area (Å²) in [5, 5.41) is 12.3. The van der Waals surface area contributed by atoms with Crippen LogP contribution in [0.3, 0.4) is 0 Å². The highest BCUT2D eigenvalue weighted by Gasteiger charge is 2.15. The van der Waals surface area contributed by atoms with Gasteiger partial charge in [0.1, 0.15) is 11.6 Å². The van der Waals surface area contributed by atoms with Crippen molar-refractivity contribution in [2.45, 2.75) is 13.0 Å². The van der Waals surface area contributed by atoms with Gasteiger partial charge in [-0.05, 0) is 19.1 Å². The van der Waals surface area contributed by atoms with Crippen LogP contribution in [0.15, 0.2) is 36.7 Å². The Morgan fingerprint density at radius 1 is 1.47 bits per heavy atom. The molecule has 2 rings (SSSR count). The maximum absolute atomic E-state index is 11.9. The minimum absolute atomic E-state index is 0.0309. The molecule has 0 bridgehead atoms. The molecule has 1 aromatic carbocycles. The first-order chi connectivity index (χ1) is 8.18. The van der Waals surface area contributed by atoms with Crippen LogP contribution < -0.4 is 5.32 Å². The number of phenolic OH excluding ortho intramolecular Hbond substituents is 1. The third-order valence-corrected chi connectivity index (χ3v) is 2.43. The fourth-order valence-corrected chi connectivity index (χ4v) is 1.52. The summed E-state index contributed by atoms with van der Waals surface area (Å²) in [6.07, 6.45) is 3.32. The zero-order chi connectivity index (χ0) is 12.3. The molecule has 0 radical (unpaired) electrons. The van der Waals surface area contributed by atoms with Crippen LogP contribution in [0, 0.1) is 0 Å². The van der Waals surface area contributed by atoms with Crippen molar-refractivity contribution in [2.24, 2.45) is 0 Å². The predicted octanol–water partition coefficient (Wildman–Crippen LogP) is 1.61. The van der Waals surface area contributed by atoms with Gasteiger partial charge in [0.15, 0.2) is 0 Å². The molecule has 0 saturated heterocycles. The van der Waals surface area contributed by atoms with E-state index in [1.54, 1.807) is 30.6 Å². The Bertz CT molecular complexity index is 508. The van der Waals surface area contributed by atoms with Crippen LogP contribution in [-0.4, -0.2) is 21.0 Å². The van der Waals surface area contributed by atoms with Crippen molar-refractivity contribution < 1.29 is 9.90 Å². The summed E-state index contributed by atoms with van der Waals surface area (Å²) in [5.74, 6) is 0.317. The number of nitrogens with one attached hydrogen (secondary N) is 2. The third kappa shape index (κ3) is 2.44. The molecular weight excluding hydrogens is 218 g/mol. The average molecular weight is 231 g/mol. The van der Waals surface area contributed by atoms with E-state index < -0.39 is 0 Å². The summed E-state index contributed by atoms with van der Waals surface area (Å²) in [7, 11) is 0. The number of benzene rings is 1. The number of carbonyl (C=O) groups is 1. The number of aromatic nitrogens is 2. The molecule has 1 aromatic heterocycles. The molecule has 1 atom stereocenters. The van der Waals surface area contributed by atoms with Crippen molar-refractivity contribution in [3.05, 3.63) is 48.0 Å². The lowest BCUT2D eigenvalue weighted by Gasteiger charge is -2.12. The van der Waals surface area contributed by atoms with Gasteiger partial charge < -0.3 is 15.4 Å². The van der Waals surface area contributed by atoms with Crippen molar-refractivity contribution in [3.8, 4) is 5.75 Å². The van der Waals surface area contributed by atoms with Gasteiger partial charge >= 0.3 is 0 Å². The maximum Gasteiger partial charge on any atom is 0.255 e. The maximum atomic E-state index is 11.9. The number of rotatable bonds is 3. The largest absolute Gasteiger partial charge is 0.507 e. The van der Waals surface area contributed by atoms with Gasteiger partial charge in [-0.3, -0.25) is 4.79 Å². The van der Waals surface area contributed by atoms with E-state index in [1.165, 1.54) is 6.07 Å². The van der Waals surface area contributed by atoms with Gasteiger partial charge in [0.25, 0.3) is 5.91 Å². The fraction of sp³-hybridized carbons (Fsp3) is 0.167. The molecule has 17 heavy (non-hydrogen) atoms. The summed E-state index contributed by atoms with van der Waals surface area (Å²) in [5.41, 5.74) is 0.255. The van der Waals surface area contributed by atoms with Crippen LogP contribution in [-0.2, 0) is 0 Å². The molecule has 1 unspecified atom stereocenters. The van der Waals surface area contributed by atoms with Crippen molar-refractivity contribution in [1.82, 2.24) is 15.3 Å². The topological polar surface area (TPSA) is 78.0 Å². The van der Waals surface area contributed by atoms with Crippen LogP contribution in [0.5, 0.6) is 5.75 Å². The first-order valence-corrected chi connectivity index (χ1v) is 5.26. The van der Waals surface area contributed by atoms with E-state index in [0.717, 1.165) is 0 Å². The number of hydrogen-bond acceptors (Lipinski definition) is 3. The van der Waals surface area contributed by atoms with Crippen molar-refractivity contribution >= 4 is 5.91 Å². The lowest BCUT2D eigenvalue weighted by atomic mass is 10.1. The van der Waals surface area contributed by atoms with Crippen molar-refractivity contribution in [3.63, 3.8) is 0 Å². The molecule has 88 valence electrons. The number of aromatic amines is 1. The number of H-pyrrole nitrogens is 1. The van der Waals surface area contributed by atoms with E-state index in [1.807, 2.05) is 6.92 Å². The first-order valence-electron chi connectivity index (χ1n) is 5.26. The molecule has 0 spiro atoms. The quantitative estimate of drug-likeness (QED) is 0.750. The number of amides is 1. The molecular formula is C12H13N3O2. The van der Waals surface area contributed by atoms with E-state index in [-0.39, 0.29) is 23.3 Å². The Labute approximate surface area is 98.5 Å². The van der Waals surface area contributed by atoms with Crippen LogP contribution in [0.4, 0.5) is 0 Å². The zero-order valence-corrected chi connectivity index (χ0v) is 9.34. The lowest BCUT2D eigenvalue weighted by Crippen LogP contribution is -2.27. The van der Waals surface area contributed by atoms with Gasteiger partial charge in [-0.2, -0.15) is 0 Å². The Morgan fingerprint density at radius 3 is 2.88 bits per heavy atom. The summed E-state index contributed by atoms with van der Waals surface area (Å²) in [4.78, 5) is 18.8. The second-order valence-electron chi connectivity index (χ2n) is 3.69. The number of nitrogens with zero attached hydrogens (tertiary/aromatic N) is 1. The fourth-order valence-electron chi connectivity index (χ4n) is 1.52. The van der Waals surface area contributed by atoms with Gasteiger partial charge in [0.05, 0.1) is 11.6 Å². The number of hydrogen-bond donors (Lipinski definition) is 3. The number of phenols is 1. The normalized spacial score (nSPS) is 12.1. The van der Waals surface area contributed by atoms with Crippen LogP contribution >= 0.6 is 0 Å². The molecule has 0 aliphatic heterocycles. The molecule has 1 amide bonds. The highest BCUT2D eigenvalue weighted by Crippen LogP contribution is 2.16. The average Bonchev–Trinajstić information content (AvgIpc) is 2.82. The lowest BCUT2D eigenvalue weighted by molar-refractivity contribution is 0.0935. The van der Waals surface area contributed by atoms with Gasteiger partial charge in [0.2, 0.25) is 0 Å². The smallest absolute Gasteiger partial charge is 0.255 e. The van der Waals surface area contributed by atoms with E-state index in [9.17, 15) is 9.90 Å². The molecule has 0 aliphatic carbocycles. The molecule has 0 aliphatic rings. The molecule has 5 heteroatoms. The molecule has 0 saturated carbocycles. The minimum Gasteiger partial charge on any atom is -0.507 e. The summed E-state index contributed by atoms with van der Waals surface area (Å²) < 4.78 is 0. The van der Waals surface area contributed by atoms with E-state index in [0.29, 0.717) is 5.82 Å². The monoisotopic (exact) mass is 231 g/mol.